The molecule has 1 heterocycles. The van der Waals surface area contributed by atoms with Gasteiger partial charge in [-0.15, -0.1) is 0 Å². The zero-order chi connectivity index (χ0) is 33.4. The van der Waals surface area contributed by atoms with E-state index in [1.165, 1.54) is 25.7 Å². The maximum Gasteiger partial charge on any atom is 0.248 e. The van der Waals surface area contributed by atoms with Gasteiger partial charge in [0.2, 0.25) is 5.91 Å². The minimum absolute atomic E-state index is 0.0194. The standard InChI is InChI=1S/C39H61NO7/c1-4-7-10-11-12-17-24-39(47-31-38(41)40(25-18-8-5-2)26-19-9-6-3)32-45-36-22-15-13-20-34(36)43-29-27-42-28-30-44-35-21-14-16-23-37(35)46-33-39/h13-16,20-23H,4-12,17-19,24-33H2,1-3H3. The summed E-state index contributed by atoms with van der Waals surface area (Å²) in [5.41, 5.74) is -0.876. The van der Waals surface area contributed by atoms with Gasteiger partial charge in [0.05, 0.1) is 13.2 Å². The molecule has 0 bridgehead atoms. The van der Waals surface area contributed by atoms with Crippen LogP contribution in [0.3, 0.4) is 0 Å². The number of hydrogen-bond donors (Lipinski definition) is 0. The zero-order valence-corrected chi connectivity index (χ0v) is 29.5. The highest BCUT2D eigenvalue weighted by atomic mass is 16.6. The average molecular weight is 656 g/mol. The third-order valence-corrected chi connectivity index (χ3v) is 8.55. The first-order valence-corrected chi connectivity index (χ1v) is 18.3. The lowest BCUT2D eigenvalue weighted by molar-refractivity contribution is -0.151. The molecule has 3 rings (SSSR count). The fourth-order valence-electron chi connectivity index (χ4n) is 5.66. The third kappa shape index (κ3) is 14.8. The van der Waals surface area contributed by atoms with Gasteiger partial charge in [-0.3, -0.25) is 4.79 Å². The number of amides is 1. The lowest BCUT2D eigenvalue weighted by Gasteiger charge is -2.35. The van der Waals surface area contributed by atoms with Crippen molar-refractivity contribution in [1.29, 1.82) is 0 Å². The summed E-state index contributed by atoms with van der Waals surface area (Å²) < 4.78 is 37.6. The first-order chi connectivity index (χ1) is 23.1. The Hall–Kier alpha value is -2.97. The molecule has 264 valence electrons. The van der Waals surface area contributed by atoms with Gasteiger partial charge in [0.15, 0.2) is 23.0 Å². The minimum Gasteiger partial charge on any atom is -0.487 e. The third-order valence-electron chi connectivity index (χ3n) is 8.55. The van der Waals surface area contributed by atoms with E-state index in [0.717, 1.165) is 64.5 Å². The molecule has 2 aromatic carbocycles. The van der Waals surface area contributed by atoms with Crippen molar-refractivity contribution in [2.75, 3.05) is 59.3 Å². The van der Waals surface area contributed by atoms with Gasteiger partial charge in [0, 0.05) is 13.1 Å². The topological polar surface area (TPSA) is 75.7 Å². The van der Waals surface area contributed by atoms with Crippen LogP contribution in [0.1, 0.15) is 104 Å². The van der Waals surface area contributed by atoms with Gasteiger partial charge >= 0.3 is 0 Å². The predicted molar refractivity (Wildman–Crippen MR) is 188 cm³/mol. The van der Waals surface area contributed by atoms with Crippen LogP contribution in [0, 0.1) is 0 Å². The molecule has 0 radical (unpaired) electrons. The van der Waals surface area contributed by atoms with E-state index in [1.54, 1.807) is 0 Å². The summed E-state index contributed by atoms with van der Waals surface area (Å²) in [6, 6.07) is 15.4. The van der Waals surface area contributed by atoms with Crippen molar-refractivity contribution in [3.05, 3.63) is 48.5 Å². The molecule has 0 saturated carbocycles. The molecule has 1 aliphatic heterocycles. The molecule has 0 aliphatic carbocycles. The Morgan fingerprint density at radius 2 is 1.06 bits per heavy atom. The van der Waals surface area contributed by atoms with E-state index in [4.69, 9.17) is 28.4 Å². The molecule has 0 spiro atoms. The Morgan fingerprint density at radius 3 is 1.57 bits per heavy atom. The summed E-state index contributed by atoms with van der Waals surface area (Å²) in [5.74, 6) is 2.58. The van der Waals surface area contributed by atoms with Crippen molar-refractivity contribution in [3.63, 3.8) is 0 Å². The molecule has 0 unspecified atom stereocenters. The number of carbonyl (C=O) groups is 1. The average Bonchev–Trinajstić information content (AvgIpc) is 3.09. The number of benzene rings is 2. The van der Waals surface area contributed by atoms with E-state index >= 15 is 0 Å². The first-order valence-electron chi connectivity index (χ1n) is 18.3. The van der Waals surface area contributed by atoms with E-state index in [-0.39, 0.29) is 25.7 Å². The largest absolute Gasteiger partial charge is 0.487 e. The van der Waals surface area contributed by atoms with Crippen LogP contribution in [0.25, 0.3) is 0 Å². The maximum absolute atomic E-state index is 13.8. The van der Waals surface area contributed by atoms with Crippen LogP contribution in [0.15, 0.2) is 48.5 Å². The smallest absolute Gasteiger partial charge is 0.248 e. The monoisotopic (exact) mass is 655 g/mol. The number of nitrogens with zero attached hydrogens (tertiary/aromatic N) is 1. The highest BCUT2D eigenvalue weighted by Crippen LogP contribution is 2.32. The highest BCUT2D eigenvalue weighted by Gasteiger charge is 2.35. The molecule has 8 heteroatoms. The Balaban J connectivity index is 1.88. The van der Waals surface area contributed by atoms with E-state index in [0.29, 0.717) is 55.8 Å². The molecular weight excluding hydrogens is 594 g/mol. The summed E-state index contributed by atoms with van der Waals surface area (Å²) in [4.78, 5) is 15.8. The van der Waals surface area contributed by atoms with Crippen LogP contribution in [0.2, 0.25) is 0 Å². The Labute approximate surface area is 284 Å². The van der Waals surface area contributed by atoms with Crippen molar-refractivity contribution in [2.24, 2.45) is 0 Å². The number of fused-ring (bicyclic) bond motifs is 2. The molecule has 0 fully saturated rings. The van der Waals surface area contributed by atoms with Crippen LogP contribution < -0.4 is 18.9 Å². The fourth-order valence-corrected chi connectivity index (χ4v) is 5.66. The second kappa shape index (κ2) is 23.4. The van der Waals surface area contributed by atoms with Crippen LogP contribution in [0.4, 0.5) is 0 Å². The lowest BCUT2D eigenvalue weighted by atomic mass is 9.96. The SMILES string of the molecule is CCCCCCCCC1(OCC(=O)N(CCCCC)CCCCC)COc2ccccc2OCCOCCOc2ccccc2OC1. The molecule has 47 heavy (non-hydrogen) atoms. The molecule has 0 atom stereocenters. The van der Waals surface area contributed by atoms with E-state index in [9.17, 15) is 4.79 Å². The predicted octanol–water partition coefficient (Wildman–Crippen LogP) is 8.65. The van der Waals surface area contributed by atoms with Crippen molar-refractivity contribution >= 4 is 5.91 Å². The minimum atomic E-state index is -0.876. The van der Waals surface area contributed by atoms with Crippen molar-refractivity contribution in [1.82, 2.24) is 4.90 Å². The molecule has 0 saturated heterocycles. The number of carbonyl (C=O) groups excluding carboxylic acids is 1. The highest BCUT2D eigenvalue weighted by molar-refractivity contribution is 5.77. The van der Waals surface area contributed by atoms with E-state index in [1.807, 2.05) is 53.4 Å². The summed E-state index contributed by atoms with van der Waals surface area (Å²) >= 11 is 0. The zero-order valence-electron chi connectivity index (χ0n) is 29.5. The maximum atomic E-state index is 13.8. The normalized spacial score (nSPS) is 15.2. The summed E-state index contributed by atoms with van der Waals surface area (Å²) in [6.07, 6.45) is 14.0. The van der Waals surface area contributed by atoms with Gasteiger partial charge in [-0.1, -0.05) is 109 Å². The number of ether oxygens (including phenoxy) is 6. The number of unbranched alkanes of at least 4 members (excludes halogenated alkanes) is 9. The molecule has 1 amide bonds. The van der Waals surface area contributed by atoms with Gasteiger partial charge in [0.25, 0.3) is 0 Å². The molecule has 1 aliphatic rings. The molecule has 2 aromatic rings. The van der Waals surface area contributed by atoms with Gasteiger partial charge in [-0.05, 0) is 43.5 Å². The number of hydrogen-bond acceptors (Lipinski definition) is 7. The van der Waals surface area contributed by atoms with Crippen molar-refractivity contribution in [3.8, 4) is 23.0 Å². The van der Waals surface area contributed by atoms with E-state index in [2.05, 4.69) is 20.8 Å². The van der Waals surface area contributed by atoms with Crippen LogP contribution in [-0.2, 0) is 14.3 Å². The summed E-state index contributed by atoms with van der Waals surface area (Å²) in [7, 11) is 0. The van der Waals surface area contributed by atoms with Crippen LogP contribution in [-0.4, -0.2) is 75.7 Å². The number of rotatable bonds is 18. The van der Waals surface area contributed by atoms with Gasteiger partial charge in [-0.25, -0.2) is 0 Å². The second-order valence-corrected chi connectivity index (χ2v) is 12.6. The molecule has 0 aromatic heterocycles. The second-order valence-electron chi connectivity index (χ2n) is 12.6. The summed E-state index contributed by atoms with van der Waals surface area (Å²) in [5, 5.41) is 0. The molecule has 0 N–H and O–H groups in total. The lowest BCUT2D eigenvalue weighted by Crippen LogP contribution is -2.48. The Morgan fingerprint density at radius 1 is 0.617 bits per heavy atom. The Bertz CT molecular complexity index is 1040. The van der Waals surface area contributed by atoms with E-state index < -0.39 is 5.60 Å². The van der Waals surface area contributed by atoms with Crippen LogP contribution in [0.5, 0.6) is 23.0 Å². The first kappa shape index (κ1) is 38.5. The molecule has 8 nitrogen and oxygen atoms in total. The van der Waals surface area contributed by atoms with Crippen molar-refractivity contribution in [2.45, 2.75) is 110 Å². The van der Waals surface area contributed by atoms with Crippen LogP contribution >= 0.6 is 0 Å². The van der Waals surface area contributed by atoms with Gasteiger partial charge in [0.1, 0.15) is 38.6 Å². The quantitative estimate of drug-likeness (QED) is 0.149. The fraction of sp³-hybridized carbons (Fsp3) is 0.667. The van der Waals surface area contributed by atoms with Crippen molar-refractivity contribution < 1.29 is 33.2 Å². The summed E-state index contributed by atoms with van der Waals surface area (Å²) in [6.45, 7) is 10.2. The Kier molecular flexibility index (Phi) is 19.1. The molecular formula is C39H61NO7. The van der Waals surface area contributed by atoms with Gasteiger partial charge in [-0.2, -0.15) is 0 Å². The van der Waals surface area contributed by atoms with Gasteiger partial charge < -0.3 is 33.3 Å². The number of para-hydroxylation sites is 4.